The van der Waals surface area contributed by atoms with Crippen LogP contribution in [0.4, 0.5) is 4.39 Å². The van der Waals surface area contributed by atoms with Crippen molar-refractivity contribution in [1.29, 1.82) is 0 Å². The number of hydrogen-bond donors (Lipinski definition) is 0. The summed E-state index contributed by atoms with van der Waals surface area (Å²) >= 11 is 6.02. The van der Waals surface area contributed by atoms with Crippen molar-refractivity contribution in [2.45, 2.75) is 33.2 Å². The summed E-state index contributed by atoms with van der Waals surface area (Å²) in [7, 11) is 0. The van der Waals surface area contributed by atoms with Crippen LogP contribution in [-0.2, 0) is 13.0 Å². The van der Waals surface area contributed by atoms with Crippen molar-refractivity contribution in [1.82, 2.24) is 4.57 Å². The van der Waals surface area contributed by atoms with Crippen molar-refractivity contribution in [3.05, 3.63) is 57.1 Å². The summed E-state index contributed by atoms with van der Waals surface area (Å²) in [5, 5.41) is 0.237. The highest BCUT2D eigenvalue weighted by molar-refractivity contribution is 6.30. The highest BCUT2D eigenvalue weighted by Gasteiger charge is 2.14. The Morgan fingerprint density at radius 1 is 1.20 bits per heavy atom. The molecule has 0 spiro atoms. The smallest absolute Gasteiger partial charge is 0.269 e. The number of pyridine rings is 1. The van der Waals surface area contributed by atoms with Gasteiger partial charge in [0.1, 0.15) is 10.8 Å². The first kappa shape index (κ1) is 14.8. The van der Waals surface area contributed by atoms with Gasteiger partial charge in [0.15, 0.2) is 0 Å². The molecule has 2 rings (SSSR count). The molecule has 0 bridgehead atoms. The number of aromatic nitrogens is 1. The van der Waals surface area contributed by atoms with Crippen molar-refractivity contribution in [3.8, 4) is 11.3 Å². The van der Waals surface area contributed by atoms with Crippen molar-refractivity contribution >= 4 is 11.6 Å². The van der Waals surface area contributed by atoms with Crippen LogP contribution < -0.4 is 5.56 Å². The van der Waals surface area contributed by atoms with E-state index < -0.39 is 0 Å². The van der Waals surface area contributed by atoms with E-state index in [2.05, 4.69) is 6.92 Å². The van der Waals surface area contributed by atoms with Gasteiger partial charge in [-0.15, -0.1) is 0 Å². The van der Waals surface area contributed by atoms with E-state index in [1.165, 1.54) is 12.1 Å². The molecule has 0 saturated heterocycles. The number of nitrogens with zero attached hydrogens (tertiary/aromatic N) is 1. The molecule has 0 amide bonds. The minimum absolute atomic E-state index is 0.201. The molecule has 0 aliphatic carbocycles. The summed E-state index contributed by atoms with van der Waals surface area (Å²) < 4.78 is 14.7. The molecule has 4 heteroatoms. The van der Waals surface area contributed by atoms with Crippen molar-refractivity contribution in [3.63, 3.8) is 0 Å². The van der Waals surface area contributed by atoms with Crippen molar-refractivity contribution < 1.29 is 4.39 Å². The van der Waals surface area contributed by atoms with Gasteiger partial charge in [-0.1, -0.05) is 24.9 Å². The third-order valence-electron chi connectivity index (χ3n) is 3.28. The van der Waals surface area contributed by atoms with Gasteiger partial charge in [-0.3, -0.25) is 4.79 Å². The molecule has 0 aliphatic heterocycles. The zero-order chi connectivity index (χ0) is 14.7. The maximum Gasteiger partial charge on any atom is 0.269 e. The number of aryl methyl sites for hydroxylation is 1. The fourth-order valence-corrected chi connectivity index (χ4v) is 2.63. The van der Waals surface area contributed by atoms with Crippen LogP contribution in [0.15, 0.2) is 35.1 Å². The SMILES string of the molecule is CCCc1cc(Cl)c(=O)n(CC)c1-c1ccc(F)cc1. The Morgan fingerprint density at radius 3 is 2.40 bits per heavy atom. The highest BCUT2D eigenvalue weighted by Crippen LogP contribution is 2.26. The van der Waals surface area contributed by atoms with Gasteiger partial charge in [0.25, 0.3) is 5.56 Å². The first-order valence-corrected chi connectivity index (χ1v) is 7.14. The minimum atomic E-state index is -0.287. The van der Waals surface area contributed by atoms with E-state index in [-0.39, 0.29) is 16.4 Å². The zero-order valence-electron chi connectivity index (χ0n) is 11.6. The quantitative estimate of drug-likeness (QED) is 0.824. The maximum atomic E-state index is 13.1. The van der Waals surface area contributed by atoms with E-state index in [0.29, 0.717) is 6.54 Å². The van der Waals surface area contributed by atoms with Crippen LogP contribution in [0.25, 0.3) is 11.3 Å². The van der Waals surface area contributed by atoms with Crippen LogP contribution in [0.5, 0.6) is 0 Å². The molecule has 2 aromatic rings. The van der Waals surface area contributed by atoms with E-state index in [0.717, 1.165) is 29.7 Å². The van der Waals surface area contributed by atoms with Crippen LogP contribution in [0.2, 0.25) is 5.02 Å². The highest BCUT2D eigenvalue weighted by atomic mass is 35.5. The molecule has 1 heterocycles. The number of halogens is 2. The second-order valence-electron chi connectivity index (χ2n) is 4.67. The molecule has 0 unspecified atom stereocenters. The standard InChI is InChI=1S/C16H17ClFNO/c1-3-5-12-10-14(17)16(20)19(4-2)15(12)11-6-8-13(18)9-7-11/h6-10H,3-5H2,1-2H3. The summed E-state index contributed by atoms with van der Waals surface area (Å²) in [5.74, 6) is -0.287. The predicted molar refractivity (Wildman–Crippen MR) is 80.8 cm³/mol. The normalized spacial score (nSPS) is 10.8. The van der Waals surface area contributed by atoms with Gasteiger partial charge >= 0.3 is 0 Å². The van der Waals surface area contributed by atoms with Crippen LogP contribution in [0.3, 0.4) is 0 Å². The molecule has 1 aromatic carbocycles. The molecule has 106 valence electrons. The first-order valence-electron chi connectivity index (χ1n) is 6.76. The molecular weight excluding hydrogens is 277 g/mol. The third kappa shape index (κ3) is 2.78. The van der Waals surface area contributed by atoms with E-state index in [4.69, 9.17) is 11.6 Å². The number of hydrogen-bond acceptors (Lipinski definition) is 1. The van der Waals surface area contributed by atoms with Crippen molar-refractivity contribution in [2.24, 2.45) is 0 Å². The summed E-state index contributed by atoms with van der Waals surface area (Å²) in [6.45, 7) is 4.51. The molecule has 0 saturated carbocycles. The van der Waals surface area contributed by atoms with Crippen LogP contribution in [-0.4, -0.2) is 4.57 Å². The Bertz CT molecular complexity index is 661. The largest absolute Gasteiger partial charge is 0.307 e. The minimum Gasteiger partial charge on any atom is -0.307 e. The molecule has 1 aromatic heterocycles. The fraction of sp³-hybridized carbons (Fsp3) is 0.312. The molecular formula is C16H17ClFNO. The summed E-state index contributed by atoms with van der Waals surface area (Å²) in [6.07, 6.45) is 1.78. The molecule has 0 atom stereocenters. The van der Waals surface area contributed by atoms with E-state index >= 15 is 0 Å². The van der Waals surface area contributed by atoms with E-state index in [9.17, 15) is 9.18 Å². The van der Waals surface area contributed by atoms with Gasteiger partial charge in [-0.25, -0.2) is 4.39 Å². The second kappa shape index (κ2) is 6.23. The third-order valence-corrected chi connectivity index (χ3v) is 3.55. The van der Waals surface area contributed by atoms with Gasteiger partial charge in [-0.2, -0.15) is 0 Å². The Balaban J connectivity index is 2.73. The lowest BCUT2D eigenvalue weighted by molar-refractivity contribution is 0.628. The van der Waals surface area contributed by atoms with Gasteiger partial charge in [0, 0.05) is 6.54 Å². The van der Waals surface area contributed by atoms with Crippen LogP contribution in [0.1, 0.15) is 25.8 Å². The maximum absolute atomic E-state index is 13.1. The first-order chi connectivity index (χ1) is 9.58. The summed E-state index contributed by atoms with van der Waals surface area (Å²) in [4.78, 5) is 12.2. The second-order valence-corrected chi connectivity index (χ2v) is 5.08. The van der Waals surface area contributed by atoms with Crippen LogP contribution in [0, 0.1) is 5.82 Å². The fourth-order valence-electron chi connectivity index (χ4n) is 2.40. The molecule has 0 radical (unpaired) electrons. The lowest BCUT2D eigenvalue weighted by Gasteiger charge is -2.16. The molecule has 0 aliphatic rings. The van der Waals surface area contributed by atoms with Gasteiger partial charge in [-0.05, 0) is 54.8 Å². The van der Waals surface area contributed by atoms with Gasteiger partial charge < -0.3 is 4.57 Å². The Hall–Kier alpha value is -1.61. The van der Waals surface area contributed by atoms with E-state index in [1.807, 2.05) is 6.92 Å². The number of benzene rings is 1. The van der Waals surface area contributed by atoms with Gasteiger partial charge in [0.05, 0.1) is 5.69 Å². The van der Waals surface area contributed by atoms with Crippen molar-refractivity contribution in [2.75, 3.05) is 0 Å². The predicted octanol–water partition coefficient (Wildman–Crippen LogP) is 4.28. The average molecular weight is 294 g/mol. The Labute approximate surface area is 122 Å². The topological polar surface area (TPSA) is 22.0 Å². The Kier molecular flexibility index (Phi) is 4.61. The van der Waals surface area contributed by atoms with E-state index in [1.54, 1.807) is 22.8 Å². The monoisotopic (exact) mass is 293 g/mol. The van der Waals surface area contributed by atoms with Crippen LogP contribution >= 0.6 is 11.6 Å². The molecule has 20 heavy (non-hydrogen) atoms. The lowest BCUT2D eigenvalue weighted by atomic mass is 10.0. The number of rotatable bonds is 4. The summed E-state index contributed by atoms with van der Waals surface area (Å²) in [5.41, 5.74) is 2.49. The summed E-state index contributed by atoms with van der Waals surface area (Å²) in [6, 6.07) is 7.94. The molecule has 0 fully saturated rings. The zero-order valence-corrected chi connectivity index (χ0v) is 12.4. The Morgan fingerprint density at radius 2 is 1.85 bits per heavy atom. The molecule has 2 nitrogen and oxygen atoms in total. The molecule has 0 N–H and O–H groups in total. The lowest BCUT2D eigenvalue weighted by Crippen LogP contribution is -2.23. The van der Waals surface area contributed by atoms with Gasteiger partial charge in [0.2, 0.25) is 0 Å². The average Bonchev–Trinajstić information content (AvgIpc) is 2.44.